The summed E-state index contributed by atoms with van der Waals surface area (Å²) in [6.07, 6.45) is 0. The average Bonchev–Trinajstić information content (AvgIpc) is 3.91. The molecule has 0 N–H and O–H groups in total. The van der Waals surface area contributed by atoms with Crippen LogP contribution in [0.15, 0.2) is 191 Å². The third-order valence-electron chi connectivity index (χ3n) is 11.1. The Kier molecular flexibility index (Phi) is 7.13. The van der Waals surface area contributed by atoms with Crippen molar-refractivity contribution in [1.29, 1.82) is 0 Å². The molecule has 0 bridgehead atoms. The van der Waals surface area contributed by atoms with E-state index in [4.69, 9.17) is 28.8 Å². The van der Waals surface area contributed by atoms with E-state index in [-0.39, 0.29) is 0 Å². The van der Waals surface area contributed by atoms with Crippen molar-refractivity contribution in [2.75, 3.05) is 0 Å². The predicted molar refractivity (Wildman–Crippen MR) is 234 cm³/mol. The maximum absolute atomic E-state index is 6.61. The summed E-state index contributed by atoms with van der Waals surface area (Å²) in [5.74, 6) is 2.36. The summed E-state index contributed by atoms with van der Waals surface area (Å²) in [7, 11) is 0. The summed E-state index contributed by atoms with van der Waals surface area (Å²) in [4.78, 5) is 20.5. The highest BCUT2D eigenvalue weighted by atomic mass is 16.3. The average molecular weight is 743 g/mol. The minimum atomic E-state index is 0.581. The summed E-state index contributed by atoms with van der Waals surface area (Å²) >= 11 is 0. The van der Waals surface area contributed by atoms with Gasteiger partial charge in [0, 0.05) is 43.8 Å². The lowest BCUT2D eigenvalue weighted by Crippen LogP contribution is -2.00. The van der Waals surface area contributed by atoms with Crippen LogP contribution in [0.25, 0.3) is 122 Å². The Morgan fingerprint density at radius 1 is 0.310 bits per heavy atom. The third kappa shape index (κ3) is 5.27. The zero-order valence-corrected chi connectivity index (χ0v) is 30.9. The van der Waals surface area contributed by atoms with Gasteiger partial charge in [-0.15, -0.1) is 0 Å². The molecule has 3 aromatic heterocycles. The molecule has 0 radical (unpaired) electrons. The van der Waals surface area contributed by atoms with E-state index in [0.717, 1.165) is 98.7 Å². The van der Waals surface area contributed by atoms with Gasteiger partial charge in [-0.25, -0.2) is 19.9 Å². The molecule has 0 fully saturated rings. The second-order valence-corrected chi connectivity index (χ2v) is 14.6. The molecule has 9 aromatic carbocycles. The van der Waals surface area contributed by atoms with Crippen LogP contribution in [0.3, 0.4) is 0 Å². The van der Waals surface area contributed by atoms with Gasteiger partial charge >= 0.3 is 0 Å². The van der Waals surface area contributed by atoms with Crippen molar-refractivity contribution >= 4 is 65.4 Å². The summed E-state index contributed by atoms with van der Waals surface area (Å²) in [5, 5.41) is 8.56. The van der Waals surface area contributed by atoms with Crippen LogP contribution in [0.1, 0.15) is 0 Å². The van der Waals surface area contributed by atoms with Gasteiger partial charge in [-0.3, -0.25) is 0 Å². The smallest absolute Gasteiger partial charge is 0.227 e. The van der Waals surface area contributed by atoms with Gasteiger partial charge < -0.3 is 8.83 Å². The molecule has 270 valence electrons. The maximum Gasteiger partial charge on any atom is 0.227 e. The van der Waals surface area contributed by atoms with Crippen LogP contribution in [0.2, 0.25) is 0 Å². The fourth-order valence-electron chi connectivity index (χ4n) is 8.28. The number of fused-ring (bicyclic) bond motifs is 10. The molecular formula is C52H30N4O2. The molecule has 0 atom stereocenters. The monoisotopic (exact) mass is 742 g/mol. The highest BCUT2D eigenvalue weighted by Gasteiger charge is 2.18. The number of hydrogen-bond acceptors (Lipinski definition) is 6. The summed E-state index contributed by atoms with van der Waals surface area (Å²) in [6.45, 7) is 0. The minimum Gasteiger partial charge on any atom is -0.456 e. The van der Waals surface area contributed by atoms with Crippen molar-refractivity contribution in [1.82, 2.24) is 19.9 Å². The largest absolute Gasteiger partial charge is 0.456 e. The molecule has 0 saturated carbocycles. The molecule has 0 aliphatic carbocycles. The Hall–Kier alpha value is -7.96. The van der Waals surface area contributed by atoms with E-state index in [1.807, 2.05) is 72.8 Å². The first kappa shape index (κ1) is 32.3. The summed E-state index contributed by atoms with van der Waals surface area (Å²) in [6, 6.07) is 62.4. The molecule has 3 heterocycles. The summed E-state index contributed by atoms with van der Waals surface area (Å²) in [5.41, 5.74) is 9.07. The molecule has 0 spiro atoms. The Bertz CT molecular complexity index is 3570. The van der Waals surface area contributed by atoms with Crippen LogP contribution in [-0.2, 0) is 0 Å². The minimum absolute atomic E-state index is 0.581. The van der Waals surface area contributed by atoms with Gasteiger partial charge in [0.05, 0.1) is 0 Å². The van der Waals surface area contributed by atoms with Gasteiger partial charge in [0.15, 0.2) is 23.1 Å². The quantitative estimate of drug-likeness (QED) is 0.163. The van der Waals surface area contributed by atoms with Gasteiger partial charge in [-0.05, 0) is 87.3 Å². The van der Waals surface area contributed by atoms with Crippen LogP contribution in [0.5, 0.6) is 0 Å². The SMILES string of the molecule is c1ccc(-c2cccc(-c3nc(-c4ccc5oc6ccccc6c5c4)nc(-c4ccc5ccc6ccc7ccc8nc(-c9ccccc9)oc8c7c6c5c4)n3)c2)cc1. The normalized spacial score (nSPS) is 11.8. The number of benzene rings is 9. The van der Waals surface area contributed by atoms with Gasteiger partial charge in [0.2, 0.25) is 5.89 Å². The van der Waals surface area contributed by atoms with E-state index in [0.29, 0.717) is 23.4 Å². The van der Waals surface area contributed by atoms with E-state index >= 15 is 0 Å². The van der Waals surface area contributed by atoms with Crippen LogP contribution in [0, 0.1) is 0 Å². The topological polar surface area (TPSA) is 77.8 Å². The molecular weight excluding hydrogens is 713 g/mol. The molecule has 0 aliphatic rings. The molecule has 6 nitrogen and oxygen atoms in total. The lowest BCUT2D eigenvalue weighted by Gasteiger charge is -2.12. The first-order valence-electron chi connectivity index (χ1n) is 19.3. The number of aromatic nitrogens is 4. The maximum atomic E-state index is 6.61. The standard InChI is InChI=1S/C52H30N4O2/c1-3-10-31(11-4-1)36-14-9-15-37(28-36)49-54-50(56-51(55-49)39-25-27-45-42(30-39)40-16-7-8-17-44(40)57-45)38-23-19-32-18-20-33-21-22-34-24-26-43-48(47(34)46(33)41(32)29-38)58-52(53-43)35-12-5-2-6-13-35/h1-30H. The van der Waals surface area contributed by atoms with Crippen LogP contribution >= 0.6 is 0 Å². The molecule has 0 aliphatic heterocycles. The van der Waals surface area contributed by atoms with Crippen LogP contribution in [0.4, 0.5) is 0 Å². The van der Waals surface area contributed by atoms with E-state index in [9.17, 15) is 0 Å². The molecule has 58 heavy (non-hydrogen) atoms. The van der Waals surface area contributed by atoms with Crippen molar-refractivity contribution in [3.8, 4) is 56.7 Å². The number of para-hydroxylation sites is 1. The Labute approximate surface area is 331 Å². The molecule has 12 aromatic rings. The number of furan rings is 1. The highest BCUT2D eigenvalue weighted by molar-refractivity contribution is 6.26. The fourth-order valence-corrected chi connectivity index (χ4v) is 8.28. The first-order valence-corrected chi connectivity index (χ1v) is 19.3. The van der Waals surface area contributed by atoms with E-state index in [1.165, 1.54) is 0 Å². The Balaban J connectivity index is 1.09. The lowest BCUT2D eigenvalue weighted by atomic mass is 9.94. The number of rotatable bonds is 5. The molecule has 0 saturated heterocycles. The van der Waals surface area contributed by atoms with Crippen molar-refractivity contribution in [2.24, 2.45) is 0 Å². The third-order valence-corrected chi connectivity index (χ3v) is 11.1. The van der Waals surface area contributed by atoms with Crippen LogP contribution < -0.4 is 0 Å². The zero-order valence-electron chi connectivity index (χ0n) is 30.9. The zero-order chi connectivity index (χ0) is 38.2. The second-order valence-electron chi connectivity index (χ2n) is 14.6. The number of nitrogens with zero attached hydrogens (tertiary/aromatic N) is 4. The van der Waals surface area contributed by atoms with Gasteiger partial charge in [-0.1, -0.05) is 127 Å². The van der Waals surface area contributed by atoms with Gasteiger partial charge in [-0.2, -0.15) is 0 Å². The number of hydrogen-bond donors (Lipinski definition) is 0. The molecule has 0 unspecified atom stereocenters. The molecule has 6 heteroatoms. The van der Waals surface area contributed by atoms with E-state index < -0.39 is 0 Å². The van der Waals surface area contributed by atoms with Gasteiger partial charge in [0.25, 0.3) is 0 Å². The Morgan fingerprint density at radius 3 is 1.64 bits per heavy atom. The van der Waals surface area contributed by atoms with Gasteiger partial charge in [0.1, 0.15) is 16.7 Å². The predicted octanol–water partition coefficient (Wildman–Crippen LogP) is 13.7. The lowest BCUT2D eigenvalue weighted by molar-refractivity contribution is 0.623. The number of oxazole rings is 1. The highest BCUT2D eigenvalue weighted by Crippen LogP contribution is 2.40. The second kappa shape index (κ2) is 12.8. The fraction of sp³-hybridized carbons (Fsp3) is 0. The Morgan fingerprint density at radius 2 is 0.862 bits per heavy atom. The van der Waals surface area contributed by atoms with Crippen molar-refractivity contribution in [2.45, 2.75) is 0 Å². The van der Waals surface area contributed by atoms with Crippen molar-refractivity contribution < 1.29 is 8.83 Å². The van der Waals surface area contributed by atoms with E-state index in [1.54, 1.807) is 0 Å². The summed E-state index contributed by atoms with van der Waals surface area (Å²) < 4.78 is 12.8. The molecule has 0 amide bonds. The van der Waals surface area contributed by atoms with Crippen LogP contribution in [-0.4, -0.2) is 19.9 Å². The van der Waals surface area contributed by atoms with Crippen molar-refractivity contribution in [3.63, 3.8) is 0 Å². The first-order chi connectivity index (χ1) is 28.7. The van der Waals surface area contributed by atoms with E-state index in [2.05, 4.69) is 109 Å². The molecule has 12 rings (SSSR count). The van der Waals surface area contributed by atoms with Crippen molar-refractivity contribution in [3.05, 3.63) is 182 Å².